The van der Waals surface area contributed by atoms with Crippen molar-refractivity contribution in [2.75, 3.05) is 11.9 Å². The van der Waals surface area contributed by atoms with Gasteiger partial charge in [-0.2, -0.15) is 0 Å². The van der Waals surface area contributed by atoms with Gasteiger partial charge in [-0.15, -0.1) is 11.3 Å². The van der Waals surface area contributed by atoms with Crippen molar-refractivity contribution in [2.24, 2.45) is 0 Å². The monoisotopic (exact) mass is 211 g/mol. The van der Waals surface area contributed by atoms with E-state index in [0.717, 1.165) is 19.4 Å². The maximum Gasteiger partial charge on any atom is 0.243 e. The summed E-state index contributed by atoms with van der Waals surface area (Å²) in [5.41, 5.74) is 0. The van der Waals surface area contributed by atoms with E-state index in [0.29, 0.717) is 5.13 Å². The molecule has 4 nitrogen and oxygen atoms in total. The lowest BCUT2D eigenvalue weighted by atomic mass is 10.0. The van der Waals surface area contributed by atoms with Crippen LogP contribution in [0.2, 0.25) is 0 Å². The van der Waals surface area contributed by atoms with Crippen molar-refractivity contribution < 1.29 is 4.79 Å². The first-order valence-corrected chi connectivity index (χ1v) is 5.68. The number of anilines is 1. The smallest absolute Gasteiger partial charge is 0.243 e. The Labute approximate surface area is 86.7 Å². The van der Waals surface area contributed by atoms with Crippen molar-refractivity contribution >= 4 is 22.4 Å². The Morgan fingerprint density at radius 2 is 2.57 bits per heavy atom. The summed E-state index contributed by atoms with van der Waals surface area (Å²) in [5.74, 6) is 0.0413. The predicted octanol–water partition coefficient (Wildman–Crippen LogP) is 1.22. The highest BCUT2D eigenvalue weighted by Gasteiger charge is 2.20. The number of hydrogen-bond acceptors (Lipinski definition) is 4. The lowest BCUT2D eigenvalue weighted by Crippen LogP contribution is -2.43. The highest BCUT2D eigenvalue weighted by atomic mass is 32.1. The normalized spacial score (nSPS) is 21.9. The average molecular weight is 211 g/mol. The van der Waals surface area contributed by atoms with Crippen molar-refractivity contribution in [2.45, 2.75) is 25.3 Å². The quantitative estimate of drug-likeness (QED) is 0.773. The molecule has 76 valence electrons. The zero-order chi connectivity index (χ0) is 9.80. The molecular formula is C9H13N3OS. The number of nitrogens with one attached hydrogen (secondary N) is 2. The van der Waals surface area contributed by atoms with Crippen LogP contribution in [0.15, 0.2) is 11.6 Å². The fourth-order valence-corrected chi connectivity index (χ4v) is 2.09. The van der Waals surface area contributed by atoms with E-state index < -0.39 is 0 Å². The van der Waals surface area contributed by atoms with Crippen LogP contribution >= 0.6 is 11.3 Å². The number of carbonyl (C=O) groups is 1. The highest BCUT2D eigenvalue weighted by molar-refractivity contribution is 7.13. The third-order valence-electron chi connectivity index (χ3n) is 2.29. The molecule has 1 aliphatic rings. The number of nitrogens with zero attached hydrogens (tertiary/aromatic N) is 1. The van der Waals surface area contributed by atoms with E-state index in [4.69, 9.17) is 0 Å². The minimum Gasteiger partial charge on any atom is -0.306 e. The number of thiazole rings is 1. The maximum atomic E-state index is 11.7. The molecule has 0 spiro atoms. The molecule has 0 aromatic carbocycles. The molecule has 2 rings (SSSR count). The minimum absolute atomic E-state index is 0.0346. The van der Waals surface area contributed by atoms with E-state index in [1.807, 2.05) is 5.38 Å². The van der Waals surface area contributed by atoms with Gasteiger partial charge in [0, 0.05) is 11.6 Å². The summed E-state index contributed by atoms with van der Waals surface area (Å²) in [6.07, 6.45) is 4.91. The largest absolute Gasteiger partial charge is 0.306 e. The lowest BCUT2D eigenvalue weighted by molar-refractivity contribution is -0.118. The first-order chi connectivity index (χ1) is 6.86. The first-order valence-electron chi connectivity index (χ1n) is 4.80. The van der Waals surface area contributed by atoms with E-state index in [2.05, 4.69) is 15.6 Å². The second kappa shape index (κ2) is 4.52. The van der Waals surface area contributed by atoms with E-state index in [1.54, 1.807) is 6.20 Å². The molecule has 1 unspecified atom stereocenters. The molecule has 0 bridgehead atoms. The Bertz CT molecular complexity index is 293. The third-order valence-corrected chi connectivity index (χ3v) is 2.98. The summed E-state index contributed by atoms with van der Waals surface area (Å²) in [6, 6.07) is -0.0346. The summed E-state index contributed by atoms with van der Waals surface area (Å²) in [4.78, 5) is 15.7. The van der Waals surface area contributed by atoms with Gasteiger partial charge in [-0.25, -0.2) is 4.98 Å². The molecule has 0 radical (unpaired) electrons. The number of amides is 1. The Balaban J connectivity index is 1.88. The van der Waals surface area contributed by atoms with Crippen LogP contribution in [0, 0.1) is 0 Å². The van der Waals surface area contributed by atoms with E-state index in [-0.39, 0.29) is 11.9 Å². The Hall–Kier alpha value is -0.940. The highest BCUT2D eigenvalue weighted by Crippen LogP contribution is 2.13. The van der Waals surface area contributed by atoms with Crippen LogP contribution in [0.4, 0.5) is 5.13 Å². The maximum absolute atomic E-state index is 11.7. The van der Waals surface area contributed by atoms with Gasteiger partial charge in [0.05, 0.1) is 6.04 Å². The zero-order valence-electron chi connectivity index (χ0n) is 7.82. The summed E-state index contributed by atoms with van der Waals surface area (Å²) >= 11 is 1.44. The molecule has 1 amide bonds. The molecule has 1 aromatic heterocycles. The third kappa shape index (κ3) is 2.30. The molecule has 1 aliphatic heterocycles. The van der Waals surface area contributed by atoms with Crippen molar-refractivity contribution in [3.63, 3.8) is 0 Å². The summed E-state index contributed by atoms with van der Waals surface area (Å²) in [6.45, 7) is 0.940. The molecule has 1 fully saturated rings. The number of aromatic nitrogens is 1. The first kappa shape index (κ1) is 9.61. The Morgan fingerprint density at radius 1 is 1.64 bits per heavy atom. The van der Waals surface area contributed by atoms with Crippen LogP contribution in [0.1, 0.15) is 19.3 Å². The van der Waals surface area contributed by atoms with Crippen LogP contribution in [-0.4, -0.2) is 23.5 Å². The van der Waals surface area contributed by atoms with Gasteiger partial charge in [0.15, 0.2) is 5.13 Å². The van der Waals surface area contributed by atoms with Crippen molar-refractivity contribution in [3.8, 4) is 0 Å². The number of hydrogen-bond donors (Lipinski definition) is 2. The van der Waals surface area contributed by atoms with Crippen LogP contribution in [0.25, 0.3) is 0 Å². The van der Waals surface area contributed by atoms with Gasteiger partial charge in [0.1, 0.15) is 0 Å². The predicted molar refractivity (Wildman–Crippen MR) is 56.4 cm³/mol. The number of carbonyl (C=O) groups excluding carboxylic acids is 1. The van der Waals surface area contributed by atoms with Gasteiger partial charge < -0.3 is 10.6 Å². The fourth-order valence-electron chi connectivity index (χ4n) is 1.55. The second-order valence-electron chi connectivity index (χ2n) is 3.33. The van der Waals surface area contributed by atoms with Crippen molar-refractivity contribution in [3.05, 3.63) is 11.6 Å². The van der Waals surface area contributed by atoms with Crippen molar-refractivity contribution in [1.29, 1.82) is 0 Å². The number of rotatable bonds is 2. The van der Waals surface area contributed by atoms with Gasteiger partial charge in [-0.3, -0.25) is 4.79 Å². The Kier molecular flexibility index (Phi) is 3.10. The SMILES string of the molecule is O=C(Nc1nccs1)C1CCCCN1. The second-order valence-corrected chi connectivity index (χ2v) is 4.22. The molecule has 2 heterocycles. The molecule has 1 atom stereocenters. The molecule has 1 aromatic rings. The van der Waals surface area contributed by atoms with Gasteiger partial charge >= 0.3 is 0 Å². The fraction of sp³-hybridized carbons (Fsp3) is 0.556. The molecule has 5 heteroatoms. The standard InChI is InChI=1S/C9H13N3OS/c13-8(7-3-1-2-4-10-7)12-9-11-5-6-14-9/h5-7,10H,1-4H2,(H,11,12,13). The zero-order valence-corrected chi connectivity index (χ0v) is 8.64. The number of piperidine rings is 1. The van der Waals surface area contributed by atoms with Crippen LogP contribution in [0.3, 0.4) is 0 Å². The van der Waals surface area contributed by atoms with Crippen molar-refractivity contribution in [1.82, 2.24) is 10.3 Å². The van der Waals surface area contributed by atoms with Gasteiger partial charge in [-0.1, -0.05) is 6.42 Å². The van der Waals surface area contributed by atoms with Crippen LogP contribution in [0.5, 0.6) is 0 Å². The van der Waals surface area contributed by atoms with Crippen LogP contribution < -0.4 is 10.6 Å². The van der Waals surface area contributed by atoms with E-state index >= 15 is 0 Å². The molecule has 0 aliphatic carbocycles. The minimum atomic E-state index is -0.0346. The summed E-state index contributed by atoms with van der Waals surface area (Å²) < 4.78 is 0. The van der Waals surface area contributed by atoms with Crippen LogP contribution in [-0.2, 0) is 4.79 Å². The van der Waals surface area contributed by atoms with Gasteiger partial charge in [-0.05, 0) is 19.4 Å². The van der Waals surface area contributed by atoms with E-state index in [9.17, 15) is 4.79 Å². The van der Waals surface area contributed by atoms with Gasteiger partial charge in [0.25, 0.3) is 0 Å². The average Bonchev–Trinajstić information content (AvgIpc) is 2.72. The summed E-state index contributed by atoms with van der Waals surface area (Å²) in [7, 11) is 0. The molecule has 0 saturated carbocycles. The summed E-state index contributed by atoms with van der Waals surface area (Å²) in [5, 5.41) is 8.53. The Morgan fingerprint density at radius 3 is 3.21 bits per heavy atom. The van der Waals surface area contributed by atoms with Gasteiger partial charge in [0.2, 0.25) is 5.91 Å². The van der Waals surface area contributed by atoms with E-state index in [1.165, 1.54) is 17.8 Å². The molecular weight excluding hydrogens is 198 g/mol. The topological polar surface area (TPSA) is 54.0 Å². The molecule has 2 N–H and O–H groups in total. The lowest BCUT2D eigenvalue weighted by Gasteiger charge is -2.21. The molecule has 1 saturated heterocycles. The molecule has 14 heavy (non-hydrogen) atoms.